The molecule has 0 bridgehead atoms. The first-order chi connectivity index (χ1) is 30.7. The van der Waals surface area contributed by atoms with Crippen molar-refractivity contribution in [2.45, 2.75) is 0 Å². The maximum atomic E-state index is 13.0. The van der Waals surface area contributed by atoms with Crippen molar-refractivity contribution in [3.05, 3.63) is 118 Å². The van der Waals surface area contributed by atoms with Crippen molar-refractivity contribution >= 4 is 57.8 Å². The first kappa shape index (κ1) is 46.4. The zero-order valence-electron chi connectivity index (χ0n) is 33.7. The van der Waals surface area contributed by atoms with Crippen LogP contribution in [0.15, 0.2) is 116 Å². The van der Waals surface area contributed by atoms with E-state index in [2.05, 4.69) is 18.9 Å². The van der Waals surface area contributed by atoms with E-state index >= 15 is 0 Å². The summed E-state index contributed by atoms with van der Waals surface area (Å²) in [5.74, 6) is -3.85. The SMILES string of the molecule is COC(=O)COC(=O)COc1ccc(-c2coc3cc(OCC(=O)OCC(=O)OC)ccc3c2=O)cc1.O=C(O)COc1ccc(-c2coc3cc(OCC(=O)O)ccc3c2=O)cc1. The molecule has 64 heavy (non-hydrogen) atoms. The third-order valence-corrected chi connectivity index (χ3v) is 8.42. The van der Waals surface area contributed by atoms with Gasteiger partial charge in [-0.2, -0.15) is 0 Å². The van der Waals surface area contributed by atoms with Crippen molar-refractivity contribution in [3.8, 4) is 45.3 Å². The van der Waals surface area contributed by atoms with E-state index in [4.69, 9.17) is 38.0 Å². The van der Waals surface area contributed by atoms with E-state index in [9.17, 15) is 38.4 Å². The van der Waals surface area contributed by atoms with Gasteiger partial charge in [0.2, 0.25) is 0 Å². The molecule has 6 aromatic rings. The Morgan fingerprint density at radius 1 is 0.453 bits per heavy atom. The van der Waals surface area contributed by atoms with Crippen LogP contribution in [0.3, 0.4) is 0 Å². The predicted octanol–water partition coefficient (Wildman–Crippen LogP) is 4.04. The normalized spacial score (nSPS) is 10.4. The Morgan fingerprint density at radius 2 is 0.797 bits per heavy atom. The largest absolute Gasteiger partial charge is 0.482 e. The third kappa shape index (κ3) is 13.2. The summed E-state index contributed by atoms with van der Waals surface area (Å²) in [6, 6.07) is 21.6. The summed E-state index contributed by atoms with van der Waals surface area (Å²) in [5.41, 5.74) is 1.69. The Hall–Kier alpha value is -8.68. The predicted molar refractivity (Wildman–Crippen MR) is 219 cm³/mol. The van der Waals surface area contributed by atoms with E-state index in [1.54, 1.807) is 48.5 Å². The fourth-order valence-electron chi connectivity index (χ4n) is 5.31. The van der Waals surface area contributed by atoms with Crippen molar-refractivity contribution in [1.82, 2.24) is 0 Å². The van der Waals surface area contributed by atoms with Crippen molar-refractivity contribution in [2.75, 3.05) is 53.9 Å². The topological polar surface area (TPSA) is 277 Å². The molecule has 4 aromatic carbocycles. The van der Waals surface area contributed by atoms with E-state index in [1.165, 1.54) is 63.1 Å². The molecular formula is C44H36O20. The molecule has 20 nitrogen and oxygen atoms in total. The second-order valence-corrected chi connectivity index (χ2v) is 12.7. The monoisotopic (exact) mass is 884 g/mol. The fraction of sp³-hybridized carbons (Fsp3) is 0.182. The number of hydrogen-bond donors (Lipinski definition) is 2. The number of carboxylic acid groups (broad SMARTS) is 2. The van der Waals surface area contributed by atoms with Crippen LogP contribution in [0.4, 0.5) is 0 Å². The van der Waals surface area contributed by atoms with Gasteiger partial charge in [0, 0.05) is 12.1 Å². The fourth-order valence-corrected chi connectivity index (χ4v) is 5.31. The summed E-state index contributed by atoms with van der Waals surface area (Å²) in [4.78, 5) is 92.0. The minimum absolute atomic E-state index is 0.236. The number of esters is 4. The summed E-state index contributed by atoms with van der Waals surface area (Å²) in [6.07, 6.45) is 2.60. The van der Waals surface area contributed by atoms with Gasteiger partial charge in [-0.15, -0.1) is 0 Å². The molecule has 0 unspecified atom stereocenters. The molecule has 0 spiro atoms. The number of benzene rings is 4. The van der Waals surface area contributed by atoms with Crippen LogP contribution in [0, 0.1) is 0 Å². The Labute approximate surface area is 359 Å². The van der Waals surface area contributed by atoms with E-state index < -0.39 is 75.5 Å². The first-order valence-corrected chi connectivity index (χ1v) is 18.5. The lowest BCUT2D eigenvalue weighted by Crippen LogP contribution is -2.20. The molecule has 0 atom stereocenters. The average Bonchev–Trinajstić information content (AvgIpc) is 3.30. The smallest absolute Gasteiger partial charge is 0.344 e. The molecule has 0 fully saturated rings. The number of ether oxygens (including phenoxy) is 8. The molecule has 20 heteroatoms. The van der Waals surface area contributed by atoms with Crippen molar-refractivity contribution in [3.63, 3.8) is 0 Å². The van der Waals surface area contributed by atoms with E-state index in [0.29, 0.717) is 33.6 Å². The van der Waals surface area contributed by atoms with Crippen LogP contribution in [-0.2, 0) is 47.7 Å². The van der Waals surface area contributed by atoms with Gasteiger partial charge in [0.25, 0.3) is 0 Å². The number of carbonyl (C=O) groups is 6. The number of rotatable bonds is 18. The lowest BCUT2D eigenvalue weighted by Gasteiger charge is -2.09. The highest BCUT2D eigenvalue weighted by Crippen LogP contribution is 2.26. The zero-order chi connectivity index (χ0) is 46.2. The third-order valence-electron chi connectivity index (χ3n) is 8.42. The van der Waals surface area contributed by atoms with Crippen LogP contribution in [0.5, 0.6) is 23.0 Å². The molecular weight excluding hydrogens is 848 g/mol. The van der Waals surface area contributed by atoms with Gasteiger partial charge in [-0.1, -0.05) is 24.3 Å². The quantitative estimate of drug-likeness (QED) is 0.0910. The second-order valence-electron chi connectivity index (χ2n) is 12.7. The van der Waals surface area contributed by atoms with Crippen LogP contribution >= 0.6 is 0 Å². The van der Waals surface area contributed by atoms with Gasteiger partial charge in [-0.05, 0) is 59.7 Å². The number of fused-ring (bicyclic) bond motifs is 2. The average molecular weight is 885 g/mol. The summed E-state index contributed by atoms with van der Waals surface area (Å²) in [5, 5.41) is 17.9. The number of carboxylic acids is 2. The van der Waals surface area contributed by atoms with Crippen LogP contribution in [0.1, 0.15) is 0 Å². The summed E-state index contributed by atoms with van der Waals surface area (Å²) >= 11 is 0. The van der Waals surface area contributed by atoms with Crippen LogP contribution < -0.4 is 29.8 Å². The van der Waals surface area contributed by atoms with Crippen LogP contribution in [-0.4, -0.2) is 99.9 Å². The van der Waals surface area contributed by atoms with Crippen LogP contribution in [0.2, 0.25) is 0 Å². The number of methoxy groups -OCH3 is 2. The maximum absolute atomic E-state index is 13.0. The highest BCUT2D eigenvalue weighted by molar-refractivity contribution is 5.84. The van der Waals surface area contributed by atoms with Crippen molar-refractivity contribution < 1.29 is 85.7 Å². The molecule has 0 aliphatic heterocycles. The van der Waals surface area contributed by atoms with Gasteiger partial charge in [0.05, 0.1) is 36.1 Å². The molecule has 6 rings (SSSR count). The van der Waals surface area contributed by atoms with E-state index in [1.807, 2.05) is 0 Å². The maximum Gasteiger partial charge on any atom is 0.344 e. The van der Waals surface area contributed by atoms with Gasteiger partial charge in [0.1, 0.15) is 46.7 Å². The number of hydrogen-bond acceptors (Lipinski definition) is 18. The number of carbonyl (C=O) groups excluding carboxylic acids is 4. The Bertz CT molecular complexity index is 2770. The molecule has 0 saturated heterocycles. The summed E-state index contributed by atoms with van der Waals surface area (Å²) in [6.45, 7) is -2.85. The van der Waals surface area contributed by atoms with Gasteiger partial charge < -0.3 is 56.9 Å². The van der Waals surface area contributed by atoms with Gasteiger partial charge in [0.15, 0.2) is 50.5 Å². The van der Waals surface area contributed by atoms with E-state index in [0.717, 1.165) is 0 Å². The second kappa shape index (κ2) is 22.2. The first-order valence-electron chi connectivity index (χ1n) is 18.5. The van der Waals surface area contributed by atoms with Crippen molar-refractivity contribution in [1.29, 1.82) is 0 Å². The minimum Gasteiger partial charge on any atom is -0.482 e. The lowest BCUT2D eigenvalue weighted by atomic mass is 10.1. The van der Waals surface area contributed by atoms with Gasteiger partial charge in [-0.3, -0.25) is 9.59 Å². The number of aliphatic carboxylic acids is 2. The van der Waals surface area contributed by atoms with Crippen molar-refractivity contribution in [2.24, 2.45) is 0 Å². The molecule has 0 radical (unpaired) electrons. The summed E-state index contributed by atoms with van der Waals surface area (Å²) in [7, 11) is 2.35. The van der Waals surface area contributed by atoms with E-state index in [-0.39, 0.29) is 44.5 Å². The molecule has 2 aromatic heterocycles. The Balaban J connectivity index is 0.000000253. The molecule has 0 aliphatic rings. The molecule has 2 N–H and O–H groups in total. The lowest BCUT2D eigenvalue weighted by molar-refractivity contribution is -0.158. The minimum atomic E-state index is -1.11. The molecule has 2 heterocycles. The van der Waals surface area contributed by atoms with Crippen LogP contribution in [0.25, 0.3) is 44.2 Å². The Kier molecular flexibility index (Phi) is 16.1. The van der Waals surface area contributed by atoms with Gasteiger partial charge in [-0.25, -0.2) is 28.8 Å². The zero-order valence-corrected chi connectivity index (χ0v) is 33.7. The standard InChI is InChI=1S/C25H22O12.C19H14O8/c1-31-21(26)11-36-23(28)13-33-16-5-3-15(4-6-16)19-10-35-20-9-17(7-8-18(20)25(19)30)34-14-24(29)37-12-22(27)32-2;20-17(21)9-25-12-3-1-11(2-4-12)15-8-27-16-7-13(26-10-18(22)23)5-6-14(16)19(15)24/h3-10H,11-14H2,1-2H3;1-8H,9-10H2,(H,20,21)(H,22,23). The molecule has 0 amide bonds. The van der Waals surface area contributed by atoms with Gasteiger partial charge >= 0.3 is 35.8 Å². The molecule has 332 valence electrons. The molecule has 0 saturated carbocycles. The highest BCUT2D eigenvalue weighted by atomic mass is 16.6. The molecule has 0 aliphatic carbocycles. The Morgan fingerprint density at radius 3 is 1.17 bits per heavy atom. The summed E-state index contributed by atoms with van der Waals surface area (Å²) < 4.78 is 50.0. The highest BCUT2D eigenvalue weighted by Gasteiger charge is 2.15.